The number of carbonyl (C=O) groups is 2. The van der Waals surface area contributed by atoms with Gasteiger partial charge in [0.2, 0.25) is 0 Å². The first-order valence-electron chi connectivity index (χ1n) is 20.4. The van der Waals surface area contributed by atoms with Crippen molar-refractivity contribution < 1.29 is 14.7 Å². The summed E-state index contributed by atoms with van der Waals surface area (Å²) in [5.74, 6) is -1.02. The molecule has 0 spiro atoms. The SMILES string of the molecule is CCCCCCCCN1C(=O)/C(=c2\s/c(=C/c3ccc4c(c3)[C@H]3CCC[C@H]3N4c3ccc(C=C(c4ccccc4)c4ccccc4)cc3)c(=O)n2CC(=O)O)SC1=S. The Morgan fingerprint density at radius 1 is 0.845 bits per heavy atom. The molecule has 0 radical (unpaired) electrons. The number of carbonyl (C=O) groups excluding carboxylic acids is 1. The van der Waals surface area contributed by atoms with Crippen molar-refractivity contribution in [2.24, 2.45) is 0 Å². The number of thiazole rings is 1. The number of unbranched alkanes of at least 4 members (excludes halogenated alkanes) is 5. The molecule has 8 rings (SSSR count). The van der Waals surface area contributed by atoms with E-state index in [0.29, 0.717) is 36.9 Å². The lowest BCUT2D eigenvalue weighted by Gasteiger charge is -2.27. The number of carboxylic acids is 1. The lowest BCUT2D eigenvalue weighted by molar-refractivity contribution is -0.137. The quantitative estimate of drug-likeness (QED) is 0.0679. The summed E-state index contributed by atoms with van der Waals surface area (Å²) < 4.78 is 2.41. The van der Waals surface area contributed by atoms with Gasteiger partial charge in [0, 0.05) is 29.9 Å². The van der Waals surface area contributed by atoms with Crippen molar-refractivity contribution in [3.8, 4) is 0 Å². The van der Waals surface area contributed by atoms with Gasteiger partial charge in [-0.1, -0.05) is 148 Å². The molecule has 0 unspecified atom stereocenters. The van der Waals surface area contributed by atoms with E-state index in [1.54, 1.807) is 4.90 Å². The number of nitrogens with zero attached hydrogens (tertiary/aromatic N) is 3. The second-order valence-electron chi connectivity index (χ2n) is 15.3. The van der Waals surface area contributed by atoms with Gasteiger partial charge in [-0.25, -0.2) is 0 Å². The van der Waals surface area contributed by atoms with Crippen LogP contribution in [0.25, 0.3) is 22.6 Å². The molecule has 2 atom stereocenters. The van der Waals surface area contributed by atoms with Crippen LogP contribution >= 0.6 is 35.3 Å². The molecule has 0 bridgehead atoms. The van der Waals surface area contributed by atoms with Crippen molar-refractivity contribution in [2.45, 2.75) is 83.2 Å². The molecule has 3 aliphatic rings. The van der Waals surface area contributed by atoms with Crippen LogP contribution in [0.2, 0.25) is 0 Å². The molecule has 1 N–H and O–H groups in total. The van der Waals surface area contributed by atoms with Gasteiger partial charge in [0.1, 0.15) is 20.4 Å². The van der Waals surface area contributed by atoms with Gasteiger partial charge >= 0.3 is 5.97 Å². The molecule has 1 amide bonds. The van der Waals surface area contributed by atoms with Crippen LogP contribution in [-0.4, -0.2) is 43.4 Å². The van der Waals surface area contributed by atoms with Crippen molar-refractivity contribution in [3.63, 3.8) is 0 Å². The highest BCUT2D eigenvalue weighted by Crippen LogP contribution is 2.52. The highest BCUT2D eigenvalue weighted by molar-refractivity contribution is 8.30. The molecule has 1 aromatic heterocycles. The fraction of sp³-hybridized carbons (Fsp3) is 0.292. The van der Waals surface area contributed by atoms with Crippen LogP contribution in [-0.2, 0) is 16.1 Å². The number of aliphatic carboxylic acids is 1. The normalized spacial score (nSPS) is 18.5. The maximum atomic E-state index is 13.8. The Bertz CT molecular complexity index is 2500. The molecule has 7 nitrogen and oxygen atoms in total. The van der Waals surface area contributed by atoms with Crippen LogP contribution < -0.4 is 19.7 Å². The zero-order valence-corrected chi connectivity index (χ0v) is 35.1. The Kier molecular flexibility index (Phi) is 12.2. The molecular formula is C48H47N3O4S3. The van der Waals surface area contributed by atoms with E-state index in [2.05, 4.69) is 103 Å². The van der Waals surface area contributed by atoms with Crippen molar-refractivity contribution in [3.05, 3.63) is 150 Å². The number of thiocarbonyl (C=S) groups is 1. The zero-order chi connectivity index (χ0) is 40.2. The number of hydrogen-bond acceptors (Lipinski definition) is 7. The molecule has 3 heterocycles. The summed E-state index contributed by atoms with van der Waals surface area (Å²) in [6.07, 6.45) is 14.0. The molecule has 5 aromatic rings. The molecule has 1 saturated heterocycles. The molecule has 2 aliphatic heterocycles. The Balaban J connectivity index is 1.09. The van der Waals surface area contributed by atoms with Crippen LogP contribution in [0, 0.1) is 0 Å². The van der Waals surface area contributed by atoms with E-state index in [4.69, 9.17) is 12.2 Å². The Hall–Kier alpha value is -5.03. The van der Waals surface area contributed by atoms with Gasteiger partial charge in [-0.3, -0.25) is 23.9 Å². The maximum absolute atomic E-state index is 13.8. The van der Waals surface area contributed by atoms with Gasteiger partial charge < -0.3 is 10.0 Å². The molecular weight excluding hydrogens is 779 g/mol. The predicted octanol–water partition coefficient (Wildman–Crippen LogP) is 9.53. The summed E-state index contributed by atoms with van der Waals surface area (Å²) in [6, 6.07) is 36.6. The number of benzene rings is 4. The number of hydrogen-bond donors (Lipinski definition) is 1. The van der Waals surface area contributed by atoms with Gasteiger partial charge in [0.05, 0.1) is 4.53 Å². The fourth-order valence-corrected chi connectivity index (χ4v) is 11.2. The summed E-state index contributed by atoms with van der Waals surface area (Å²) in [5.41, 5.74) is 8.72. The monoisotopic (exact) mass is 825 g/mol. The van der Waals surface area contributed by atoms with Crippen molar-refractivity contribution >= 4 is 85.5 Å². The zero-order valence-electron chi connectivity index (χ0n) is 32.6. The van der Waals surface area contributed by atoms with Gasteiger partial charge in [-0.05, 0) is 89.1 Å². The summed E-state index contributed by atoms with van der Waals surface area (Å²) in [6.45, 7) is 2.18. The molecule has 58 heavy (non-hydrogen) atoms. The minimum absolute atomic E-state index is 0.253. The number of amides is 1. The molecule has 1 aliphatic carbocycles. The minimum atomic E-state index is -1.14. The van der Waals surface area contributed by atoms with Crippen LogP contribution in [0.15, 0.2) is 108 Å². The Morgan fingerprint density at radius 3 is 2.21 bits per heavy atom. The number of aromatic nitrogens is 1. The van der Waals surface area contributed by atoms with Crippen molar-refractivity contribution in [1.82, 2.24) is 9.47 Å². The molecule has 2 fully saturated rings. The van der Waals surface area contributed by atoms with E-state index in [9.17, 15) is 19.5 Å². The van der Waals surface area contributed by atoms with E-state index in [1.165, 1.54) is 63.1 Å². The first kappa shape index (κ1) is 39.8. The smallest absolute Gasteiger partial charge is 0.323 e. The molecule has 4 aromatic carbocycles. The van der Waals surface area contributed by atoms with E-state index in [-0.39, 0.29) is 5.91 Å². The third-order valence-electron chi connectivity index (χ3n) is 11.5. The minimum Gasteiger partial charge on any atom is -0.480 e. The second-order valence-corrected chi connectivity index (χ2v) is 18.0. The van der Waals surface area contributed by atoms with E-state index in [0.717, 1.165) is 67.1 Å². The van der Waals surface area contributed by atoms with Gasteiger partial charge in [0.15, 0.2) is 0 Å². The summed E-state index contributed by atoms with van der Waals surface area (Å²) in [4.78, 5) is 43.9. The largest absolute Gasteiger partial charge is 0.480 e. The Labute approximate surface area is 353 Å². The molecule has 10 heteroatoms. The third kappa shape index (κ3) is 8.28. The standard InChI is InChI=1S/C48H47N3O4S3/c1-2-3-4-5-6-13-27-49-46(55)44(58-48(49)56)47-50(31-43(52)53)45(54)42(57-47)30-33-23-26-41-39(29-33)37-19-14-20-40(37)51(41)36-24-21-32(22-25-36)28-38(34-15-9-7-10-16-34)35-17-11-8-12-18-35/h7-12,15-18,21-26,28-30,37,40H,2-6,13-14,19-20,27,31H2,1H3,(H,52,53)/b42-30+,47-44+/t37-,40-/m1/s1. The highest BCUT2D eigenvalue weighted by Gasteiger charge is 2.42. The van der Waals surface area contributed by atoms with Crippen LogP contribution in [0.3, 0.4) is 0 Å². The number of anilines is 2. The first-order chi connectivity index (χ1) is 28.3. The lowest BCUT2D eigenvalue weighted by Crippen LogP contribution is -2.35. The molecule has 1 saturated carbocycles. The topological polar surface area (TPSA) is 82.9 Å². The highest BCUT2D eigenvalue weighted by atomic mass is 32.2. The Morgan fingerprint density at radius 2 is 1.52 bits per heavy atom. The first-order valence-corrected chi connectivity index (χ1v) is 22.4. The number of carboxylic acid groups (broad SMARTS) is 1. The van der Waals surface area contributed by atoms with E-state index in [1.807, 2.05) is 24.3 Å². The van der Waals surface area contributed by atoms with Gasteiger partial charge in [-0.2, -0.15) is 0 Å². The van der Waals surface area contributed by atoms with Crippen molar-refractivity contribution in [1.29, 1.82) is 0 Å². The van der Waals surface area contributed by atoms with Gasteiger partial charge in [0.25, 0.3) is 11.5 Å². The van der Waals surface area contributed by atoms with Gasteiger partial charge in [-0.15, -0.1) is 11.3 Å². The van der Waals surface area contributed by atoms with Crippen LogP contribution in [0.4, 0.5) is 11.4 Å². The van der Waals surface area contributed by atoms with Crippen molar-refractivity contribution in [2.75, 3.05) is 11.4 Å². The average Bonchev–Trinajstić information content (AvgIpc) is 3.98. The summed E-state index contributed by atoms with van der Waals surface area (Å²) in [5, 5.41) is 9.78. The van der Waals surface area contributed by atoms with E-state index < -0.39 is 18.1 Å². The number of fused-ring (bicyclic) bond motifs is 3. The average molecular weight is 826 g/mol. The third-order valence-corrected chi connectivity index (χ3v) is 14.1. The lowest BCUT2D eigenvalue weighted by atomic mass is 9.95. The van der Waals surface area contributed by atoms with Crippen LogP contribution in [0.5, 0.6) is 0 Å². The number of thioether (sulfide) groups is 1. The molecule has 296 valence electrons. The fourth-order valence-electron chi connectivity index (χ4n) is 8.66. The second kappa shape index (κ2) is 17.9. The summed E-state index contributed by atoms with van der Waals surface area (Å²) >= 11 is 7.94. The number of rotatable bonds is 14. The van der Waals surface area contributed by atoms with E-state index >= 15 is 0 Å². The maximum Gasteiger partial charge on any atom is 0.323 e. The van der Waals surface area contributed by atoms with Crippen LogP contribution in [0.1, 0.15) is 98.4 Å². The summed E-state index contributed by atoms with van der Waals surface area (Å²) in [7, 11) is 0. The predicted molar refractivity (Wildman–Crippen MR) is 243 cm³/mol.